The molecule has 0 saturated carbocycles. The van der Waals surface area contributed by atoms with Crippen molar-refractivity contribution in [2.45, 2.75) is 31.6 Å². The summed E-state index contributed by atoms with van der Waals surface area (Å²) >= 11 is 8.81. The molecule has 0 radical (unpaired) electrons. The lowest BCUT2D eigenvalue weighted by Gasteiger charge is -2.21. The number of aromatic nitrogens is 3. The van der Waals surface area contributed by atoms with E-state index < -0.39 is 0 Å². The summed E-state index contributed by atoms with van der Waals surface area (Å²) in [5.41, 5.74) is 0.755. The quantitative estimate of drug-likeness (QED) is 0.407. The summed E-state index contributed by atoms with van der Waals surface area (Å²) in [6.07, 6.45) is 0. The standard InChI is InChI=1S/C21H25ClFN5OS2/c1-5-27(12-17-10-11-18(22)31-17)19(29)13-30-21-25-24-20(14(2)26(3)4)28(21)16-8-6-15(23)7-9-16/h6-11,14H,5,12-13H2,1-4H3/t14-/m0/s1. The van der Waals surface area contributed by atoms with Gasteiger partial charge in [0, 0.05) is 17.1 Å². The van der Waals surface area contributed by atoms with Gasteiger partial charge in [-0.25, -0.2) is 4.39 Å². The Bertz CT molecular complexity index is 1020. The van der Waals surface area contributed by atoms with Gasteiger partial charge in [-0.15, -0.1) is 21.5 Å². The molecule has 3 aromatic rings. The van der Waals surface area contributed by atoms with Gasteiger partial charge in [-0.1, -0.05) is 23.4 Å². The topological polar surface area (TPSA) is 54.3 Å². The van der Waals surface area contributed by atoms with Crippen molar-refractivity contribution in [3.63, 3.8) is 0 Å². The highest BCUT2D eigenvalue weighted by atomic mass is 35.5. The Morgan fingerprint density at radius 2 is 1.94 bits per heavy atom. The Morgan fingerprint density at radius 3 is 2.52 bits per heavy atom. The van der Waals surface area contributed by atoms with Gasteiger partial charge in [0.1, 0.15) is 5.82 Å². The Morgan fingerprint density at radius 1 is 1.23 bits per heavy atom. The zero-order valence-corrected chi connectivity index (χ0v) is 20.3. The minimum Gasteiger partial charge on any atom is -0.337 e. The van der Waals surface area contributed by atoms with E-state index in [-0.39, 0.29) is 23.5 Å². The average molecular weight is 482 g/mol. The molecule has 0 bridgehead atoms. The van der Waals surface area contributed by atoms with Crippen molar-refractivity contribution in [2.75, 3.05) is 26.4 Å². The molecule has 0 aliphatic rings. The number of halogens is 2. The predicted molar refractivity (Wildman–Crippen MR) is 125 cm³/mol. The summed E-state index contributed by atoms with van der Waals surface area (Å²) in [5, 5.41) is 9.30. The number of hydrogen-bond donors (Lipinski definition) is 0. The molecule has 0 saturated heterocycles. The van der Waals surface area contributed by atoms with Crippen LogP contribution in [-0.4, -0.2) is 56.9 Å². The third-order valence-corrected chi connectivity index (χ3v) is 7.06. The third-order valence-electron chi connectivity index (χ3n) is 4.93. The largest absolute Gasteiger partial charge is 0.337 e. The van der Waals surface area contributed by atoms with Crippen LogP contribution in [0.2, 0.25) is 4.34 Å². The summed E-state index contributed by atoms with van der Waals surface area (Å²) in [5.74, 6) is 0.651. The fourth-order valence-electron chi connectivity index (χ4n) is 2.93. The number of carbonyl (C=O) groups is 1. The van der Waals surface area contributed by atoms with E-state index in [0.29, 0.717) is 22.6 Å². The molecule has 31 heavy (non-hydrogen) atoms. The van der Waals surface area contributed by atoms with Gasteiger partial charge in [0.05, 0.1) is 22.7 Å². The molecular formula is C21H25ClFN5OS2. The monoisotopic (exact) mass is 481 g/mol. The van der Waals surface area contributed by atoms with Gasteiger partial charge in [-0.3, -0.25) is 14.3 Å². The van der Waals surface area contributed by atoms with Crippen LogP contribution in [0.25, 0.3) is 5.69 Å². The fraction of sp³-hybridized carbons (Fsp3) is 0.381. The molecular weight excluding hydrogens is 457 g/mol. The molecule has 2 aromatic heterocycles. The summed E-state index contributed by atoms with van der Waals surface area (Å²) in [7, 11) is 3.92. The molecule has 0 N–H and O–H groups in total. The lowest BCUT2D eigenvalue weighted by Crippen LogP contribution is -2.31. The maximum absolute atomic E-state index is 13.5. The molecule has 1 aromatic carbocycles. The highest BCUT2D eigenvalue weighted by Crippen LogP contribution is 2.28. The van der Waals surface area contributed by atoms with E-state index in [4.69, 9.17) is 11.6 Å². The van der Waals surface area contributed by atoms with Crippen LogP contribution in [-0.2, 0) is 11.3 Å². The summed E-state index contributed by atoms with van der Waals surface area (Å²) in [6, 6.07) is 9.96. The molecule has 10 heteroatoms. The van der Waals surface area contributed by atoms with Crippen molar-refractivity contribution >= 4 is 40.6 Å². The molecule has 166 valence electrons. The van der Waals surface area contributed by atoms with Crippen LogP contribution in [0.3, 0.4) is 0 Å². The van der Waals surface area contributed by atoms with Gasteiger partial charge < -0.3 is 4.90 Å². The zero-order chi connectivity index (χ0) is 22.5. The zero-order valence-electron chi connectivity index (χ0n) is 17.9. The first-order chi connectivity index (χ1) is 14.8. The number of rotatable bonds is 9. The number of hydrogen-bond acceptors (Lipinski definition) is 6. The highest BCUT2D eigenvalue weighted by molar-refractivity contribution is 7.99. The lowest BCUT2D eigenvalue weighted by molar-refractivity contribution is -0.128. The second-order valence-corrected chi connectivity index (χ2v) is 9.94. The van der Waals surface area contributed by atoms with E-state index in [1.165, 1.54) is 35.2 Å². The van der Waals surface area contributed by atoms with E-state index in [0.717, 1.165) is 16.4 Å². The van der Waals surface area contributed by atoms with Gasteiger partial charge in [-0.05, 0) is 64.3 Å². The predicted octanol–water partition coefficient (Wildman–Crippen LogP) is 4.88. The van der Waals surface area contributed by atoms with Crippen molar-refractivity contribution in [1.82, 2.24) is 24.6 Å². The number of thiophene rings is 1. The van der Waals surface area contributed by atoms with Gasteiger partial charge in [-0.2, -0.15) is 0 Å². The lowest BCUT2D eigenvalue weighted by atomic mass is 10.2. The Hall–Kier alpha value is -1.94. The van der Waals surface area contributed by atoms with E-state index in [9.17, 15) is 9.18 Å². The third kappa shape index (κ3) is 5.85. The van der Waals surface area contributed by atoms with Gasteiger partial charge in [0.2, 0.25) is 5.91 Å². The minimum atomic E-state index is -0.310. The molecule has 6 nitrogen and oxygen atoms in total. The second kappa shape index (κ2) is 10.6. The van der Waals surface area contributed by atoms with Crippen molar-refractivity contribution < 1.29 is 9.18 Å². The van der Waals surface area contributed by atoms with E-state index in [2.05, 4.69) is 10.2 Å². The number of amides is 1. The molecule has 0 spiro atoms. The van der Waals surface area contributed by atoms with Crippen molar-refractivity contribution in [3.05, 3.63) is 57.3 Å². The maximum Gasteiger partial charge on any atom is 0.233 e. The van der Waals surface area contributed by atoms with Crippen LogP contribution in [0, 0.1) is 5.82 Å². The van der Waals surface area contributed by atoms with Crippen molar-refractivity contribution in [2.24, 2.45) is 0 Å². The Labute approximate surface area is 195 Å². The minimum absolute atomic E-state index is 0.00730. The number of nitrogens with zero attached hydrogens (tertiary/aromatic N) is 5. The summed E-state index contributed by atoms with van der Waals surface area (Å²) in [6.45, 7) is 5.10. The first-order valence-electron chi connectivity index (χ1n) is 9.82. The van der Waals surface area contributed by atoms with Crippen LogP contribution < -0.4 is 0 Å². The molecule has 0 unspecified atom stereocenters. The van der Waals surface area contributed by atoms with Gasteiger partial charge in [0.25, 0.3) is 0 Å². The molecule has 1 amide bonds. The van der Waals surface area contributed by atoms with E-state index in [1.54, 1.807) is 17.0 Å². The molecule has 1 atom stereocenters. The highest BCUT2D eigenvalue weighted by Gasteiger charge is 2.22. The SMILES string of the molecule is CCN(Cc1ccc(Cl)s1)C(=O)CSc1nnc([C@H](C)N(C)C)n1-c1ccc(F)cc1. The molecule has 0 fully saturated rings. The Kier molecular flexibility index (Phi) is 8.10. The first-order valence-corrected chi connectivity index (χ1v) is 12.0. The second-order valence-electron chi connectivity index (χ2n) is 7.19. The molecule has 0 aliphatic carbocycles. The number of carbonyl (C=O) groups excluding carboxylic acids is 1. The van der Waals surface area contributed by atoms with E-state index >= 15 is 0 Å². The molecule has 0 aliphatic heterocycles. The summed E-state index contributed by atoms with van der Waals surface area (Å²) in [4.78, 5) is 17.7. The Balaban J connectivity index is 1.80. The van der Waals surface area contributed by atoms with Crippen LogP contribution >= 0.6 is 34.7 Å². The average Bonchev–Trinajstić information content (AvgIpc) is 3.36. The molecule has 2 heterocycles. The first kappa shape index (κ1) is 23.7. The van der Waals surface area contributed by atoms with Gasteiger partial charge in [0.15, 0.2) is 11.0 Å². The van der Waals surface area contributed by atoms with Crippen molar-refractivity contribution in [3.8, 4) is 5.69 Å². The van der Waals surface area contributed by atoms with Gasteiger partial charge >= 0.3 is 0 Å². The van der Waals surface area contributed by atoms with Crippen LogP contribution in [0.15, 0.2) is 41.6 Å². The van der Waals surface area contributed by atoms with E-state index in [1.807, 2.05) is 49.5 Å². The normalized spacial score (nSPS) is 12.4. The van der Waals surface area contributed by atoms with Crippen molar-refractivity contribution in [1.29, 1.82) is 0 Å². The van der Waals surface area contributed by atoms with Crippen LogP contribution in [0.4, 0.5) is 4.39 Å². The molecule has 3 rings (SSSR count). The number of thioether (sulfide) groups is 1. The van der Waals surface area contributed by atoms with Crippen LogP contribution in [0.5, 0.6) is 0 Å². The smallest absolute Gasteiger partial charge is 0.233 e. The summed E-state index contributed by atoms with van der Waals surface area (Å²) < 4.78 is 16.1. The maximum atomic E-state index is 13.5. The number of benzene rings is 1. The fourth-order valence-corrected chi connectivity index (χ4v) is 4.89. The van der Waals surface area contributed by atoms with Crippen LogP contribution in [0.1, 0.15) is 30.6 Å².